The van der Waals surface area contributed by atoms with Crippen LogP contribution in [-0.2, 0) is 6.42 Å². The highest BCUT2D eigenvalue weighted by Crippen LogP contribution is 2.25. The highest BCUT2D eigenvalue weighted by atomic mass is 15.2. The molecule has 0 saturated carbocycles. The Hall–Kier alpha value is -1.87. The van der Waals surface area contributed by atoms with Gasteiger partial charge in [-0.3, -0.25) is 0 Å². The lowest BCUT2D eigenvalue weighted by Crippen LogP contribution is -2.23. The highest BCUT2D eigenvalue weighted by molar-refractivity contribution is 5.62. The Labute approximate surface area is 121 Å². The van der Waals surface area contributed by atoms with E-state index in [2.05, 4.69) is 54.1 Å². The van der Waals surface area contributed by atoms with Crippen LogP contribution in [0.25, 0.3) is 0 Å². The second-order valence-electron chi connectivity index (χ2n) is 5.25. The number of nitrogens with two attached hydrogens (primary N) is 1. The van der Waals surface area contributed by atoms with Crippen LogP contribution < -0.4 is 10.6 Å². The van der Waals surface area contributed by atoms with Gasteiger partial charge >= 0.3 is 0 Å². The standard InChI is InChI=1S/C17H23N3/c1-4-15(18)12-14-6-5-11-19-17(14)20(3)16-9-7-13(2)8-10-16/h5-11,15H,4,12,18H2,1-3H3. The summed E-state index contributed by atoms with van der Waals surface area (Å²) in [4.78, 5) is 6.66. The Bertz CT molecular complexity index is 548. The lowest BCUT2D eigenvalue weighted by Gasteiger charge is -2.22. The van der Waals surface area contributed by atoms with Gasteiger partial charge in [0.2, 0.25) is 0 Å². The van der Waals surface area contributed by atoms with Crippen LogP contribution in [0.1, 0.15) is 24.5 Å². The number of rotatable bonds is 5. The summed E-state index contributed by atoms with van der Waals surface area (Å²) in [6, 6.07) is 12.7. The summed E-state index contributed by atoms with van der Waals surface area (Å²) in [5.74, 6) is 0.986. The summed E-state index contributed by atoms with van der Waals surface area (Å²) < 4.78 is 0. The molecule has 2 aromatic rings. The zero-order chi connectivity index (χ0) is 14.5. The van der Waals surface area contributed by atoms with Gasteiger partial charge < -0.3 is 10.6 Å². The van der Waals surface area contributed by atoms with E-state index in [1.54, 1.807) is 0 Å². The predicted molar refractivity (Wildman–Crippen MR) is 85.4 cm³/mol. The van der Waals surface area contributed by atoms with Crippen molar-refractivity contribution in [2.24, 2.45) is 5.73 Å². The van der Waals surface area contributed by atoms with E-state index in [0.717, 1.165) is 24.3 Å². The van der Waals surface area contributed by atoms with Crippen molar-refractivity contribution >= 4 is 11.5 Å². The van der Waals surface area contributed by atoms with Crippen molar-refractivity contribution < 1.29 is 0 Å². The fourth-order valence-corrected chi connectivity index (χ4v) is 2.21. The summed E-state index contributed by atoms with van der Waals surface area (Å²) in [6.07, 6.45) is 3.67. The van der Waals surface area contributed by atoms with E-state index in [-0.39, 0.29) is 6.04 Å². The molecular formula is C17H23N3. The number of anilines is 2. The number of nitrogens with zero attached hydrogens (tertiary/aromatic N) is 2. The largest absolute Gasteiger partial charge is 0.329 e. The Kier molecular flexibility index (Phi) is 4.74. The van der Waals surface area contributed by atoms with Crippen molar-refractivity contribution in [2.75, 3.05) is 11.9 Å². The monoisotopic (exact) mass is 269 g/mol. The lowest BCUT2D eigenvalue weighted by atomic mass is 10.0. The fraction of sp³-hybridized carbons (Fsp3) is 0.353. The number of hydrogen-bond donors (Lipinski definition) is 1. The van der Waals surface area contributed by atoms with Gasteiger partial charge in [-0.15, -0.1) is 0 Å². The first-order chi connectivity index (χ1) is 9.61. The first-order valence-electron chi connectivity index (χ1n) is 7.11. The SMILES string of the molecule is CCC(N)Cc1cccnc1N(C)c1ccc(C)cc1. The minimum atomic E-state index is 0.185. The molecule has 1 atom stereocenters. The molecule has 0 aliphatic rings. The molecule has 0 aliphatic carbocycles. The molecule has 0 bridgehead atoms. The smallest absolute Gasteiger partial charge is 0.135 e. The third-order valence-corrected chi connectivity index (χ3v) is 3.61. The number of hydrogen-bond acceptors (Lipinski definition) is 3. The summed E-state index contributed by atoms with van der Waals surface area (Å²) >= 11 is 0. The molecule has 0 radical (unpaired) electrons. The van der Waals surface area contributed by atoms with Gasteiger partial charge in [0, 0.05) is 25.0 Å². The summed E-state index contributed by atoms with van der Waals surface area (Å²) in [5, 5.41) is 0. The van der Waals surface area contributed by atoms with Gasteiger partial charge in [0.15, 0.2) is 0 Å². The Balaban J connectivity index is 2.29. The number of benzene rings is 1. The normalized spacial score (nSPS) is 12.2. The topological polar surface area (TPSA) is 42.1 Å². The van der Waals surface area contributed by atoms with Crippen LogP contribution in [0.4, 0.5) is 11.5 Å². The molecule has 106 valence electrons. The van der Waals surface area contributed by atoms with Gasteiger partial charge in [-0.2, -0.15) is 0 Å². The third kappa shape index (κ3) is 3.36. The maximum Gasteiger partial charge on any atom is 0.135 e. The molecule has 0 saturated heterocycles. The third-order valence-electron chi connectivity index (χ3n) is 3.61. The maximum atomic E-state index is 6.09. The molecule has 0 aliphatic heterocycles. The molecule has 0 amide bonds. The van der Waals surface area contributed by atoms with E-state index in [9.17, 15) is 0 Å². The Morgan fingerprint density at radius 2 is 1.90 bits per heavy atom. The van der Waals surface area contributed by atoms with E-state index >= 15 is 0 Å². The molecule has 1 heterocycles. The second-order valence-corrected chi connectivity index (χ2v) is 5.25. The van der Waals surface area contributed by atoms with Crippen molar-refractivity contribution in [3.8, 4) is 0 Å². The van der Waals surface area contributed by atoms with Crippen molar-refractivity contribution in [3.63, 3.8) is 0 Å². The molecule has 3 heteroatoms. The van der Waals surface area contributed by atoms with Crippen molar-refractivity contribution in [2.45, 2.75) is 32.7 Å². The van der Waals surface area contributed by atoms with E-state index < -0.39 is 0 Å². The summed E-state index contributed by atoms with van der Waals surface area (Å²) in [5.41, 5.74) is 9.69. The maximum absolute atomic E-state index is 6.09. The van der Waals surface area contributed by atoms with Crippen LogP contribution in [0.2, 0.25) is 0 Å². The molecule has 0 fully saturated rings. The minimum absolute atomic E-state index is 0.185. The van der Waals surface area contributed by atoms with Gasteiger partial charge in [0.1, 0.15) is 5.82 Å². The number of pyridine rings is 1. The molecule has 20 heavy (non-hydrogen) atoms. The molecule has 1 aromatic carbocycles. The van der Waals surface area contributed by atoms with Crippen molar-refractivity contribution in [1.29, 1.82) is 0 Å². The molecular weight excluding hydrogens is 246 g/mol. The van der Waals surface area contributed by atoms with E-state index in [1.807, 2.05) is 19.3 Å². The average Bonchev–Trinajstić information content (AvgIpc) is 2.48. The fourth-order valence-electron chi connectivity index (χ4n) is 2.21. The number of aryl methyl sites for hydroxylation is 1. The van der Waals surface area contributed by atoms with Crippen LogP contribution in [0, 0.1) is 6.92 Å². The van der Waals surface area contributed by atoms with Gasteiger partial charge in [0.05, 0.1) is 0 Å². The van der Waals surface area contributed by atoms with Gasteiger partial charge in [0.25, 0.3) is 0 Å². The van der Waals surface area contributed by atoms with E-state index in [0.29, 0.717) is 0 Å². The van der Waals surface area contributed by atoms with Gasteiger partial charge in [-0.05, 0) is 43.5 Å². The zero-order valence-electron chi connectivity index (χ0n) is 12.5. The predicted octanol–water partition coefficient (Wildman–Crippen LogP) is 3.44. The first-order valence-corrected chi connectivity index (χ1v) is 7.11. The van der Waals surface area contributed by atoms with Gasteiger partial charge in [-0.1, -0.05) is 30.7 Å². The summed E-state index contributed by atoms with van der Waals surface area (Å²) in [7, 11) is 2.05. The van der Waals surface area contributed by atoms with Crippen molar-refractivity contribution in [3.05, 3.63) is 53.7 Å². The van der Waals surface area contributed by atoms with Crippen LogP contribution in [0.3, 0.4) is 0 Å². The molecule has 3 nitrogen and oxygen atoms in total. The molecule has 0 spiro atoms. The Morgan fingerprint density at radius 1 is 1.20 bits per heavy atom. The average molecular weight is 269 g/mol. The molecule has 1 aromatic heterocycles. The van der Waals surface area contributed by atoms with Crippen LogP contribution in [0.5, 0.6) is 0 Å². The van der Waals surface area contributed by atoms with Crippen LogP contribution >= 0.6 is 0 Å². The van der Waals surface area contributed by atoms with E-state index in [4.69, 9.17) is 5.73 Å². The summed E-state index contributed by atoms with van der Waals surface area (Å²) in [6.45, 7) is 4.21. The first kappa shape index (κ1) is 14.5. The molecule has 2 rings (SSSR count). The molecule has 1 unspecified atom stereocenters. The number of aromatic nitrogens is 1. The van der Waals surface area contributed by atoms with Crippen LogP contribution in [0.15, 0.2) is 42.6 Å². The van der Waals surface area contributed by atoms with Crippen molar-refractivity contribution in [1.82, 2.24) is 4.98 Å². The highest BCUT2D eigenvalue weighted by Gasteiger charge is 2.12. The minimum Gasteiger partial charge on any atom is -0.329 e. The Morgan fingerprint density at radius 3 is 2.55 bits per heavy atom. The lowest BCUT2D eigenvalue weighted by molar-refractivity contribution is 0.645. The zero-order valence-corrected chi connectivity index (χ0v) is 12.5. The van der Waals surface area contributed by atoms with Crippen LogP contribution in [-0.4, -0.2) is 18.1 Å². The molecule has 2 N–H and O–H groups in total. The van der Waals surface area contributed by atoms with E-state index in [1.165, 1.54) is 11.1 Å². The quantitative estimate of drug-likeness (QED) is 0.904. The van der Waals surface area contributed by atoms with Gasteiger partial charge in [-0.25, -0.2) is 4.98 Å². The second kappa shape index (κ2) is 6.53.